The zero-order valence-electron chi connectivity index (χ0n) is 9.29. The monoisotopic (exact) mass is 209 g/mol. The van der Waals surface area contributed by atoms with E-state index in [0.29, 0.717) is 6.04 Å². The van der Waals surface area contributed by atoms with Gasteiger partial charge in [-0.15, -0.1) is 12.3 Å². The SMILES string of the molecule is C#CCCC#CNC1CCc2ccccc21. The van der Waals surface area contributed by atoms with E-state index in [0.717, 1.165) is 25.7 Å². The molecule has 0 heterocycles. The van der Waals surface area contributed by atoms with Crippen LogP contribution in [0.2, 0.25) is 0 Å². The number of nitrogens with one attached hydrogen (secondary N) is 1. The first-order valence-electron chi connectivity index (χ1n) is 5.66. The van der Waals surface area contributed by atoms with Crippen molar-refractivity contribution in [2.24, 2.45) is 0 Å². The molecule has 1 atom stereocenters. The molecule has 0 fully saturated rings. The lowest BCUT2D eigenvalue weighted by Crippen LogP contribution is -2.12. The van der Waals surface area contributed by atoms with Crippen molar-refractivity contribution in [1.29, 1.82) is 0 Å². The van der Waals surface area contributed by atoms with Crippen LogP contribution in [0.15, 0.2) is 24.3 Å². The van der Waals surface area contributed by atoms with Gasteiger partial charge in [-0.1, -0.05) is 30.2 Å². The third-order valence-electron chi connectivity index (χ3n) is 2.86. The number of fused-ring (bicyclic) bond motifs is 1. The van der Waals surface area contributed by atoms with E-state index in [2.05, 4.69) is 47.5 Å². The van der Waals surface area contributed by atoms with E-state index >= 15 is 0 Å². The van der Waals surface area contributed by atoms with Crippen LogP contribution in [0, 0.1) is 24.3 Å². The Morgan fingerprint density at radius 2 is 2.19 bits per heavy atom. The Labute approximate surface area is 97.3 Å². The van der Waals surface area contributed by atoms with Gasteiger partial charge in [0.2, 0.25) is 0 Å². The van der Waals surface area contributed by atoms with E-state index in [-0.39, 0.29) is 0 Å². The molecule has 1 aromatic rings. The van der Waals surface area contributed by atoms with Crippen molar-refractivity contribution >= 4 is 0 Å². The number of rotatable bonds is 2. The second-order valence-electron chi connectivity index (χ2n) is 3.94. The maximum Gasteiger partial charge on any atom is 0.0595 e. The Bertz CT molecular complexity index is 456. The van der Waals surface area contributed by atoms with Gasteiger partial charge in [-0.3, -0.25) is 0 Å². The number of terminal acetylenes is 1. The summed E-state index contributed by atoms with van der Waals surface area (Å²) in [6.07, 6.45) is 8.96. The highest BCUT2D eigenvalue weighted by Crippen LogP contribution is 2.30. The van der Waals surface area contributed by atoms with Gasteiger partial charge in [-0.25, -0.2) is 0 Å². The number of hydrogen-bond acceptors (Lipinski definition) is 1. The minimum atomic E-state index is 0.398. The normalized spacial score (nSPS) is 16.8. The molecule has 0 amide bonds. The van der Waals surface area contributed by atoms with E-state index in [1.54, 1.807) is 0 Å². The fraction of sp³-hybridized carbons (Fsp3) is 0.333. The summed E-state index contributed by atoms with van der Waals surface area (Å²) in [7, 11) is 0. The molecule has 2 rings (SSSR count). The van der Waals surface area contributed by atoms with Crippen LogP contribution in [-0.4, -0.2) is 0 Å². The number of benzene rings is 1. The summed E-state index contributed by atoms with van der Waals surface area (Å²) in [5, 5.41) is 3.27. The smallest absolute Gasteiger partial charge is 0.0595 e. The van der Waals surface area contributed by atoms with Gasteiger partial charge in [0.05, 0.1) is 6.04 Å². The van der Waals surface area contributed by atoms with Crippen LogP contribution in [0.4, 0.5) is 0 Å². The fourth-order valence-corrected chi connectivity index (χ4v) is 2.04. The van der Waals surface area contributed by atoms with Gasteiger partial charge >= 0.3 is 0 Å². The first-order chi connectivity index (χ1) is 7.92. The molecule has 0 aliphatic heterocycles. The molecule has 0 radical (unpaired) electrons. The summed E-state index contributed by atoms with van der Waals surface area (Å²) in [4.78, 5) is 0. The van der Waals surface area contributed by atoms with Gasteiger partial charge in [0, 0.05) is 18.9 Å². The number of hydrogen-bond donors (Lipinski definition) is 1. The van der Waals surface area contributed by atoms with Gasteiger partial charge in [0.15, 0.2) is 0 Å². The first-order valence-corrected chi connectivity index (χ1v) is 5.66. The lowest BCUT2D eigenvalue weighted by molar-refractivity contribution is 0.630. The quantitative estimate of drug-likeness (QED) is 0.448. The summed E-state index contributed by atoms with van der Waals surface area (Å²) < 4.78 is 0. The molecular formula is C15H15N. The van der Waals surface area contributed by atoms with Crippen LogP contribution in [0.1, 0.15) is 36.4 Å². The van der Waals surface area contributed by atoms with Crippen LogP contribution >= 0.6 is 0 Å². The molecule has 0 spiro atoms. The second kappa shape index (κ2) is 5.29. The highest BCUT2D eigenvalue weighted by atomic mass is 14.9. The molecule has 0 aromatic heterocycles. The molecule has 1 aliphatic rings. The molecule has 1 N–H and O–H groups in total. The van der Waals surface area contributed by atoms with Crippen LogP contribution < -0.4 is 5.32 Å². The Balaban J connectivity index is 1.93. The maximum absolute atomic E-state index is 5.16. The zero-order chi connectivity index (χ0) is 11.2. The van der Waals surface area contributed by atoms with E-state index in [9.17, 15) is 0 Å². The summed E-state index contributed by atoms with van der Waals surface area (Å²) in [6, 6.07) is 12.0. The van der Waals surface area contributed by atoms with Crippen molar-refractivity contribution in [2.45, 2.75) is 31.7 Å². The third kappa shape index (κ3) is 2.38. The van der Waals surface area contributed by atoms with Crippen molar-refractivity contribution in [3.05, 3.63) is 35.4 Å². The molecule has 16 heavy (non-hydrogen) atoms. The second-order valence-corrected chi connectivity index (χ2v) is 3.94. The van der Waals surface area contributed by atoms with Crippen LogP contribution in [0.5, 0.6) is 0 Å². The van der Waals surface area contributed by atoms with Gasteiger partial charge in [0.1, 0.15) is 0 Å². The average molecular weight is 209 g/mol. The van der Waals surface area contributed by atoms with Gasteiger partial charge < -0.3 is 5.32 Å². The molecular weight excluding hydrogens is 194 g/mol. The summed E-state index contributed by atoms with van der Waals surface area (Å²) in [5.41, 5.74) is 2.85. The minimum Gasteiger partial charge on any atom is -0.338 e. The number of aryl methyl sites for hydroxylation is 1. The van der Waals surface area contributed by atoms with Crippen molar-refractivity contribution in [2.75, 3.05) is 0 Å². The van der Waals surface area contributed by atoms with Gasteiger partial charge in [-0.2, -0.15) is 0 Å². The van der Waals surface area contributed by atoms with Crippen LogP contribution in [0.3, 0.4) is 0 Å². The van der Waals surface area contributed by atoms with Crippen LogP contribution in [0.25, 0.3) is 0 Å². The predicted molar refractivity (Wildman–Crippen MR) is 66.5 cm³/mol. The van der Waals surface area contributed by atoms with Crippen molar-refractivity contribution in [3.63, 3.8) is 0 Å². The Kier molecular flexibility index (Phi) is 3.52. The van der Waals surface area contributed by atoms with Crippen molar-refractivity contribution in [1.82, 2.24) is 5.32 Å². The zero-order valence-corrected chi connectivity index (χ0v) is 9.29. The van der Waals surface area contributed by atoms with Crippen molar-refractivity contribution < 1.29 is 0 Å². The Hall–Kier alpha value is -1.86. The first kappa shape index (κ1) is 10.7. The van der Waals surface area contributed by atoms with Gasteiger partial charge in [-0.05, 0) is 24.0 Å². The molecule has 0 bridgehead atoms. The molecule has 1 unspecified atom stereocenters. The standard InChI is InChI=1S/C15H15N/c1-2-3-4-7-12-16-15-11-10-13-8-5-6-9-14(13)15/h1,5-6,8-9,15-16H,3-4,10-11H2. The summed E-state index contributed by atoms with van der Waals surface area (Å²) in [6.45, 7) is 0. The molecule has 1 aromatic carbocycles. The summed E-state index contributed by atoms with van der Waals surface area (Å²) >= 11 is 0. The lowest BCUT2D eigenvalue weighted by atomic mass is 10.1. The van der Waals surface area contributed by atoms with Crippen molar-refractivity contribution in [3.8, 4) is 24.3 Å². The van der Waals surface area contributed by atoms with E-state index in [4.69, 9.17) is 6.42 Å². The average Bonchev–Trinajstić information content (AvgIpc) is 2.73. The van der Waals surface area contributed by atoms with Crippen LogP contribution in [-0.2, 0) is 6.42 Å². The highest BCUT2D eigenvalue weighted by Gasteiger charge is 2.20. The summed E-state index contributed by atoms with van der Waals surface area (Å²) in [5.74, 6) is 5.62. The predicted octanol–water partition coefficient (Wildman–Crippen LogP) is 2.64. The molecule has 1 nitrogen and oxygen atoms in total. The molecule has 0 saturated carbocycles. The molecule has 0 saturated heterocycles. The van der Waals surface area contributed by atoms with E-state index in [1.807, 2.05) is 0 Å². The maximum atomic E-state index is 5.16. The molecule has 1 aliphatic carbocycles. The Morgan fingerprint density at radius 1 is 1.31 bits per heavy atom. The third-order valence-corrected chi connectivity index (χ3v) is 2.86. The van der Waals surface area contributed by atoms with Gasteiger partial charge in [0.25, 0.3) is 0 Å². The Morgan fingerprint density at radius 3 is 3.06 bits per heavy atom. The minimum absolute atomic E-state index is 0.398. The highest BCUT2D eigenvalue weighted by molar-refractivity contribution is 5.34. The molecule has 1 heteroatoms. The number of unbranched alkanes of at least 4 members (excludes halogenated alkanes) is 1. The topological polar surface area (TPSA) is 12.0 Å². The lowest BCUT2D eigenvalue weighted by Gasteiger charge is -2.09. The fourth-order valence-electron chi connectivity index (χ4n) is 2.04. The van der Waals surface area contributed by atoms with E-state index < -0.39 is 0 Å². The van der Waals surface area contributed by atoms with E-state index in [1.165, 1.54) is 11.1 Å². The largest absolute Gasteiger partial charge is 0.338 e. The molecule has 80 valence electrons.